The van der Waals surface area contributed by atoms with Crippen LogP contribution in [0.1, 0.15) is 50.5 Å². The zero-order valence-electron chi connectivity index (χ0n) is 17.6. The zero-order chi connectivity index (χ0) is 20.9. The first kappa shape index (κ1) is 20.7. The van der Waals surface area contributed by atoms with Crippen molar-refractivity contribution in [1.29, 1.82) is 0 Å². The van der Waals surface area contributed by atoms with E-state index in [4.69, 9.17) is 0 Å². The molecular formula is C23H32N4O3. The van der Waals surface area contributed by atoms with Crippen LogP contribution in [0, 0.1) is 11.8 Å². The number of nitrogens with one attached hydrogen (secondary N) is 2. The summed E-state index contributed by atoms with van der Waals surface area (Å²) in [6.07, 6.45) is 6.90. The minimum atomic E-state index is -0.160. The lowest BCUT2D eigenvalue weighted by atomic mass is 9.85. The molecule has 2 aliphatic heterocycles. The number of hydrogen-bond acceptors (Lipinski definition) is 3. The van der Waals surface area contributed by atoms with Crippen LogP contribution in [0.15, 0.2) is 24.3 Å². The van der Waals surface area contributed by atoms with Gasteiger partial charge in [-0.25, -0.2) is 4.79 Å². The number of likely N-dealkylation sites (tertiary alicyclic amines) is 2. The molecule has 1 aromatic rings. The van der Waals surface area contributed by atoms with Gasteiger partial charge in [-0.15, -0.1) is 0 Å². The van der Waals surface area contributed by atoms with Gasteiger partial charge in [0.05, 0.1) is 5.92 Å². The van der Waals surface area contributed by atoms with Gasteiger partial charge < -0.3 is 20.4 Å². The van der Waals surface area contributed by atoms with Gasteiger partial charge in [0.15, 0.2) is 0 Å². The van der Waals surface area contributed by atoms with Crippen molar-refractivity contribution in [2.75, 3.05) is 31.5 Å². The smallest absolute Gasteiger partial charge is 0.320 e. The van der Waals surface area contributed by atoms with Crippen LogP contribution in [0.25, 0.3) is 0 Å². The van der Waals surface area contributed by atoms with E-state index in [0.717, 1.165) is 75.8 Å². The fraction of sp³-hybridized carbons (Fsp3) is 0.609. The van der Waals surface area contributed by atoms with Gasteiger partial charge in [0, 0.05) is 44.3 Å². The zero-order valence-corrected chi connectivity index (χ0v) is 17.6. The fourth-order valence-electron chi connectivity index (χ4n) is 4.48. The van der Waals surface area contributed by atoms with Gasteiger partial charge in [0.2, 0.25) is 11.8 Å². The predicted octanol–water partition coefficient (Wildman–Crippen LogP) is 2.97. The van der Waals surface area contributed by atoms with E-state index >= 15 is 0 Å². The summed E-state index contributed by atoms with van der Waals surface area (Å²) in [6.45, 7) is 3.32. The van der Waals surface area contributed by atoms with Gasteiger partial charge >= 0.3 is 6.03 Å². The molecule has 2 N–H and O–H groups in total. The minimum absolute atomic E-state index is 0.00201. The topological polar surface area (TPSA) is 81.8 Å². The molecule has 3 aliphatic rings. The van der Waals surface area contributed by atoms with Crippen LogP contribution in [-0.4, -0.2) is 53.8 Å². The van der Waals surface area contributed by atoms with E-state index in [2.05, 4.69) is 10.6 Å². The number of nitrogens with zero attached hydrogens (tertiary/aromatic N) is 2. The van der Waals surface area contributed by atoms with E-state index < -0.39 is 0 Å². The van der Waals surface area contributed by atoms with Crippen molar-refractivity contribution >= 4 is 23.5 Å². The van der Waals surface area contributed by atoms with Crippen molar-refractivity contribution < 1.29 is 14.4 Å². The molecule has 0 radical (unpaired) electrons. The van der Waals surface area contributed by atoms with Gasteiger partial charge in [-0.2, -0.15) is 0 Å². The number of rotatable bonds is 5. The Morgan fingerprint density at radius 3 is 2.33 bits per heavy atom. The predicted molar refractivity (Wildman–Crippen MR) is 115 cm³/mol. The summed E-state index contributed by atoms with van der Waals surface area (Å²) in [5.74, 6) is 0.0721. The second-order valence-corrected chi connectivity index (χ2v) is 8.80. The molecule has 4 rings (SSSR count). The first-order valence-electron chi connectivity index (χ1n) is 11.3. The molecule has 2 saturated heterocycles. The van der Waals surface area contributed by atoms with E-state index in [-0.39, 0.29) is 29.7 Å². The fourth-order valence-corrected chi connectivity index (χ4v) is 4.48. The molecule has 1 aliphatic carbocycles. The van der Waals surface area contributed by atoms with Crippen LogP contribution in [0.4, 0.5) is 10.5 Å². The second kappa shape index (κ2) is 9.49. The first-order valence-corrected chi connectivity index (χ1v) is 11.3. The SMILES string of the molecule is O=C(Nc1cccc(CNC(=O)[C@H]2CCCN(C(=O)N3CCCC3)C2)c1)C1CCC1. The van der Waals surface area contributed by atoms with E-state index in [1.54, 1.807) is 0 Å². The summed E-state index contributed by atoms with van der Waals surface area (Å²) in [7, 11) is 0. The standard InChI is InChI=1S/C23H32N4O3/c28-21(19-9-5-13-27(16-19)23(30)26-11-1-2-12-26)24-15-17-6-3-10-20(14-17)25-22(29)18-7-4-8-18/h3,6,10,14,18-19H,1-2,4-5,7-9,11-13,15-16H2,(H,24,28)(H,25,29)/t19-/m0/s1. The molecule has 0 bridgehead atoms. The molecule has 4 amide bonds. The molecular weight excluding hydrogens is 380 g/mol. The molecule has 2 heterocycles. The summed E-state index contributed by atoms with van der Waals surface area (Å²) >= 11 is 0. The van der Waals surface area contributed by atoms with Crippen molar-refractivity contribution in [3.63, 3.8) is 0 Å². The normalized spacial score (nSPS) is 21.8. The summed E-state index contributed by atoms with van der Waals surface area (Å²) in [5, 5.41) is 6.00. The average Bonchev–Trinajstić information content (AvgIpc) is 3.25. The Bertz CT molecular complexity index is 786. The van der Waals surface area contributed by atoms with E-state index in [1.165, 1.54) is 0 Å². The Morgan fingerprint density at radius 1 is 0.867 bits per heavy atom. The van der Waals surface area contributed by atoms with Crippen LogP contribution < -0.4 is 10.6 Å². The molecule has 1 atom stereocenters. The molecule has 162 valence electrons. The van der Waals surface area contributed by atoms with Crippen molar-refractivity contribution in [1.82, 2.24) is 15.1 Å². The van der Waals surface area contributed by atoms with Crippen LogP contribution in [0.5, 0.6) is 0 Å². The lowest BCUT2D eigenvalue weighted by Crippen LogP contribution is -2.49. The van der Waals surface area contributed by atoms with Gasteiger partial charge in [-0.05, 0) is 56.2 Å². The van der Waals surface area contributed by atoms with Gasteiger partial charge in [-0.1, -0.05) is 18.6 Å². The van der Waals surface area contributed by atoms with Gasteiger partial charge in [0.1, 0.15) is 0 Å². The summed E-state index contributed by atoms with van der Waals surface area (Å²) in [4.78, 5) is 41.3. The molecule has 1 aromatic carbocycles. The molecule has 7 heteroatoms. The number of amides is 4. The molecule has 0 aromatic heterocycles. The van der Waals surface area contributed by atoms with E-state index in [9.17, 15) is 14.4 Å². The van der Waals surface area contributed by atoms with E-state index in [0.29, 0.717) is 13.1 Å². The van der Waals surface area contributed by atoms with Crippen molar-refractivity contribution in [2.24, 2.45) is 11.8 Å². The Kier molecular flexibility index (Phi) is 6.55. The number of benzene rings is 1. The van der Waals surface area contributed by atoms with Crippen LogP contribution in [0.3, 0.4) is 0 Å². The monoisotopic (exact) mass is 412 g/mol. The molecule has 3 fully saturated rings. The van der Waals surface area contributed by atoms with Crippen molar-refractivity contribution in [3.05, 3.63) is 29.8 Å². The highest BCUT2D eigenvalue weighted by Gasteiger charge is 2.31. The number of piperidine rings is 1. The third-order valence-corrected chi connectivity index (χ3v) is 6.58. The number of hydrogen-bond donors (Lipinski definition) is 2. The lowest BCUT2D eigenvalue weighted by molar-refractivity contribution is -0.126. The highest BCUT2D eigenvalue weighted by molar-refractivity contribution is 5.93. The van der Waals surface area contributed by atoms with Crippen LogP contribution >= 0.6 is 0 Å². The highest BCUT2D eigenvalue weighted by Crippen LogP contribution is 2.27. The largest absolute Gasteiger partial charge is 0.352 e. The van der Waals surface area contributed by atoms with Crippen LogP contribution in [0.2, 0.25) is 0 Å². The van der Waals surface area contributed by atoms with Crippen molar-refractivity contribution in [3.8, 4) is 0 Å². The Hall–Kier alpha value is -2.57. The maximum absolute atomic E-state index is 12.7. The first-order chi connectivity index (χ1) is 14.6. The summed E-state index contributed by atoms with van der Waals surface area (Å²) in [6, 6.07) is 7.73. The Labute approximate surface area is 178 Å². The van der Waals surface area contributed by atoms with Gasteiger partial charge in [-0.3, -0.25) is 9.59 Å². The van der Waals surface area contributed by atoms with Crippen LogP contribution in [-0.2, 0) is 16.1 Å². The Balaban J connectivity index is 1.27. The van der Waals surface area contributed by atoms with Crippen molar-refractivity contribution in [2.45, 2.75) is 51.5 Å². The number of urea groups is 1. The maximum Gasteiger partial charge on any atom is 0.320 e. The molecule has 0 unspecified atom stereocenters. The maximum atomic E-state index is 12.7. The minimum Gasteiger partial charge on any atom is -0.352 e. The molecule has 0 spiro atoms. The highest BCUT2D eigenvalue weighted by atomic mass is 16.2. The summed E-state index contributed by atoms with van der Waals surface area (Å²) < 4.78 is 0. The lowest BCUT2D eigenvalue weighted by Gasteiger charge is -2.34. The number of anilines is 1. The number of carbonyl (C=O) groups is 3. The second-order valence-electron chi connectivity index (χ2n) is 8.80. The Morgan fingerprint density at radius 2 is 1.60 bits per heavy atom. The third kappa shape index (κ3) is 4.94. The molecule has 1 saturated carbocycles. The van der Waals surface area contributed by atoms with Gasteiger partial charge in [0.25, 0.3) is 0 Å². The average molecular weight is 413 g/mol. The summed E-state index contributed by atoms with van der Waals surface area (Å²) in [5.41, 5.74) is 1.73. The third-order valence-electron chi connectivity index (χ3n) is 6.58. The quantitative estimate of drug-likeness (QED) is 0.780. The molecule has 30 heavy (non-hydrogen) atoms. The number of carbonyl (C=O) groups excluding carboxylic acids is 3. The molecule has 7 nitrogen and oxygen atoms in total. The van der Waals surface area contributed by atoms with E-state index in [1.807, 2.05) is 34.1 Å².